The van der Waals surface area contributed by atoms with Crippen LogP contribution in [0.25, 0.3) is 0 Å². The molecular weight excluding hydrogens is 268 g/mol. The van der Waals surface area contributed by atoms with Crippen LogP contribution in [-0.2, 0) is 9.47 Å². The monoisotopic (exact) mass is 300 g/mol. The smallest absolute Gasteiger partial charge is 0.410 e. The Labute approximate surface area is 129 Å². The van der Waals surface area contributed by atoms with E-state index in [1.165, 1.54) is 0 Å². The molecular formula is C16H32N2O3. The summed E-state index contributed by atoms with van der Waals surface area (Å²) in [5, 5.41) is 3.53. The van der Waals surface area contributed by atoms with Gasteiger partial charge in [-0.25, -0.2) is 4.79 Å². The minimum atomic E-state index is -0.457. The first-order chi connectivity index (χ1) is 9.73. The van der Waals surface area contributed by atoms with Gasteiger partial charge in [-0.1, -0.05) is 13.8 Å². The SMILES string of the molecule is COCC[C@@H]1CCC(NC(C)C)CN1C(=O)OC(C)(C)C. The standard InChI is InChI=1S/C16H32N2O3/c1-12(2)17-13-7-8-14(9-10-20-6)18(11-13)15(19)21-16(3,4)5/h12-14,17H,7-11H2,1-6H3/t13?,14-/m0/s1. The van der Waals surface area contributed by atoms with Crippen LogP contribution < -0.4 is 5.32 Å². The van der Waals surface area contributed by atoms with Gasteiger partial charge in [0.1, 0.15) is 5.60 Å². The highest BCUT2D eigenvalue weighted by molar-refractivity contribution is 5.68. The van der Waals surface area contributed by atoms with E-state index in [0.29, 0.717) is 25.2 Å². The summed E-state index contributed by atoms with van der Waals surface area (Å²) in [4.78, 5) is 14.3. The van der Waals surface area contributed by atoms with Crippen molar-refractivity contribution < 1.29 is 14.3 Å². The Bertz CT molecular complexity index is 326. The van der Waals surface area contributed by atoms with Gasteiger partial charge in [0.05, 0.1) is 0 Å². The Hall–Kier alpha value is -0.810. The number of carbonyl (C=O) groups excluding carboxylic acids is 1. The summed E-state index contributed by atoms with van der Waals surface area (Å²) in [6, 6.07) is 0.979. The topological polar surface area (TPSA) is 50.8 Å². The molecule has 1 unspecified atom stereocenters. The van der Waals surface area contributed by atoms with Crippen molar-refractivity contribution in [2.45, 2.75) is 77.6 Å². The maximum atomic E-state index is 12.5. The molecule has 1 heterocycles. The van der Waals surface area contributed by atoms with Gasteiger partial charge in [-0.05, 0) is 40.0 Å². The number of nitrogens with one attached hydrogen (secondary N) is 1. The highest BCUT2D eigenvalue weighted by Crippen LogP contribution is 2.23. The van der Waals surface area contributed by atoms with E-state index in [1.807, 2.05) is 25.7 Å². The van der Waals surface area contributed by atoms with Crippen molar-refractivity contribution in [1.82, 2.24) is 10.2 Å². The molecule has 1 amide bonds. The zero-order chi connectivity index (χ0) is 16.0. The van der Waals surface area contributed by atoms with Crippen molar-refractivity contribution >= 4 is 6.09 Å². The third-order valence-corrected chi connectivity index (χ3v) is 3.56. The van der Waals surface area contributed by atoms with E-state index < -0.39 is 5.60 Å². The van der Waals surface area contributed by atoms with E-state index in [9.17, 15) is 4.79 Å². The van der Waals surface area contributed by atoms with E-state index >= 15 is 0 Å². The molecule has 0 aliphatic carbocycles. The average molecular weight is 300 g/mol. The van der Waals surface area contributed by atoms with Gasteiger partial charge in [0.2, 0.25) is 0 Å². The summed E-state index contributed by atoms with van der Waals surface area (Å²) < 4.78 is 10.7. The lowest BCUT2D eigenvalue weighted by atomic mass is 9.96. The van der Waals surface area contributed by atoms with Gasteiger partial charge < -0.3 is 19.7 Å². The Morgan fingerprint density at radius 2 is 2.00 bits per heavy atom. The molecule has 1 aliphatic heterocycles. The van der Waals surface area contributed by atoms with Crippen LogP contribution in [0.3, 0.4) is 0 Å². The lowest BCUT2D eigenvalue weighted by Gasteiger charge is -2.41. The number of likely N-dealkylation sites (tertiary alicyclic amines) is 1. The van der Waals surface area contributed by atoms with Crippen LogP contribution in [0.2, 0.25) is 0 Å². The summed E-state index contributed by atoms with van der Waals surface area (Å²) in [6.45, 7) is 11.4. The van der Waals surface area contributed by atoms with Crippen molar-refractivity contribution in [2.75, 3.05) is 20.3 Å². The van der Waals surface area contributed by atoms with Crippen LogP contribution >= 0.6 is 0 Å². The molecule has 1 aliphatic rings. The molecule has 0 aromatic rings. The molecule has 1 N–H and O–H groups in total. The maximum Gasteiger partial charge on any atom is 0.410 e. The largest absolute Gasteiger partial charge is 0.444 e. The molecule has 124 valence electrons. The molecule has 1 saturated heterocycles. The summed E-state index contributed by atoms with van der Waals surface area (Å²) in [7, 11) is 1.70. The van der Waals surface area contributed by atoms with E-state index in [-0.39, 0.29) is 12.1 Å². The summed E-state index contributed by atoms with van der Waals surface area (Å²) in [5.41, 5.74) is -0.457. The second-order valence-corrected chi connectivity index (χ2v) is 7.16. The first kappa shape index (κ1) is 18.2. The molecule has 1 rings (SSSR count). The molecule has 0 aromatic heterocycles. The molecule has 0 saturated carbocycles. The van der Waals surface area contributed by atoms with Crippen LogP contribution in [0, 0.1) is 0 Å². The van der Waals surface area contributed by atoms with Gasteiger partial charge in [0.25, 0.3) is 0 Å². The van der Waals surface area contributed by atoms with Crippen LogP contribution in [0.5, 0.6) is 0 Å². The molecule has 2 atom stereocenters. The zero-order valence-electron chi connectivity index (χ0n) is 14.4. The molecule has 21 heavy (non-hydrogen) atoms. The molecule has 0 spiro atoms. The number of carbonyl (C=O) groups is 1. The van der Waals surface area contributed by atoms with Gasteiger partial charge in [0, 0.05) is 38.4 Å². The number of amides is 1. The molecule has 0 radical (unpaired) electrons. The summed E-state index contributed by atoms with van der Waals surface area (Å²) in [6.07, 6.45) is 2.74. The van der Waals surface area contributed by atoms with Gasteiger partial charge >= 0.3 is 6.09 Å². The molecule has 5 heteroatoms. The predicted octanol–water partition coefficient (Wildman–Crippen LogP) is 2.79. The Morgan fingerprint density at radius 1 is 1.33 bits per heavy atom. The number of rotatable bonds is 5. The third kappa shape index (κ3) is 6.66. The van der Waals surface area contributed by atoms with E-state index in [0.717, 1.165) is 19.3 Å². The van der Waals surface area contributed by atoms with Crippen molar-refractivity contribution in [2.24, 2.45) is 0 Å². The number of nitrogens with zero attached hydrogens (tertiary/aromatic N) is 1. The lowest BCUT2D eigenvalue weighted by Crippen LogP contribution is -2.55. The van der Waals surface area contributed by atoms with Crippen molar-refractivity contribution in [3.63, 3.8) is 0 Å². The minimum Gasteiger partial charge on any atom is -0.444 e. The van der Waals surface area contributed by atoms with Crippen molar-refractivity contribution in [3.05, 3.63) is 0 Å². The first-order valence-corrected chi connectivity index (χ1v) is 7.97. The quantitative estimate of drug-likeness (QED) is 0.848. The highest BCUT2D eigenvalue weighted by Gasteiger charge is 2.34. The van der Waals surface area contributed by atoms with Crippen LogP contribution in [0.1, 0.15) is 53.9 Å². The number of hydrogen-bond donors (Lipinski definition) is 1. The Kier molecular flexibility index (Phi) is 6.94. The lowest BCUT2D eigenvalue weighted by molar-refractivity contribution is 0.00135. The van der Waals surface area contributed by atoms with Crippen LogP contribution in [0.15, 0.2) is 0 Å². The number of piperidine rings is 1. The second kappa shape index (κ2) is 7.99. The van der Waals surface area contributed by atoms with Crippen LogP contribution in [-0.4, -0.2) is 55.0 Å². The predicted molar refractivity (Wildman–Crippen MR) is 84.5 cm³/mol. The number of ether oxygens (including phenoxy) is 2. The van der Waals surface area contributed by atoms with Gasteiger partial charge in [-0.15, -0.1) is 0 Å². The fourth-order valence-electron chi connectivity index (χ4n) is 2.73. The van der Waals surface area contributed by atoms with Crippen molar-refractivity contribution in [1.29, 1.82) is 0 Å². The summed E-state index contributed by atoms with van der Waals surface area (Å²) >= 11 is 0. The Balaban J connectivity index is 2.70. The van der Waals surface area contributed by atoms with Crippen molar-refractivity contribution in [3.8, 4) is 0 Å². The number of methoxy groups -OCH3 is 1. The molecule has 5 nitrogen and oxygen atoms in total. The fraction of sp³-hybridized carbons (Fsp3) is 0.938. The minimum absolute atomic E-state index is 0.209. The molecule has 0 aromatic carbocycles. The number of hydrogen-bond acceptors (Lipinski definition) is 4. The summed E-state index contributed by atoms with van der Waals surface area (Å²) in [5.74, 6) is 0. The molecule has 0 bridgehead atoms. The van der Waals surface area contributed by atoms with Gasteiger partial charge in [0.15, 0.2) is 0 Å². The zero-order valence-corrected chi connectivity index (χ0v) is 14.4. The fourth-order valence-corrected chi connectivity index (χ4v) is 2.73. The van der Waals surface area contributed by atoms with Gasteiger partial charge in [-0.2, -0.15) is 0 Å². The van der Waals surface area contributed by atoms with E-state index in [1.54, 1.807) is 7.11 Å². The average Bonchev–Trinajstić information content (AvgIpc) is 2.34. The van der Waals surface area contributed by atoms with Gasteiger partial charge in [-0.3, -0.25) is 0 Å². The Morgan fingerprint density at radius 3 is 2.52 bits per heavy atom. The maximum absolute atomic E-state index is 12.5. The van der Waals surface area contributed by atoms with Crippen LogP contribution in [0.4, 0.5) is 4.79 Å². The molecule has 1 fully saturated rings. The van der Waals surface area contributed by atoms with E-state index in [2.05, 4.69) is 19.2 Å². The first-order valence-electron chi connectivity index (χ1n) is 7.97. The van der Waals surface area contributed by atoms with E-state index in [4.69, 9.17) is 9.47 Å². The highest BCUT2D eigenvalue weighted by atomic mass is 16.6. The normalized spacial score (nSPS) is 23.5. The second-order valence-electron chi connectivity index (χ2n) is 7.16. The third-order valence-electron chi connectivity index (χ3n) is 3.56.